The largest absolute Gasteiger partial charge is 0.305 e. The first kappa shape index (κ1) is 12.5. The second-order valence-corrected chi connectivity index (χ2v) is 4.96. The Balaban J connectivity index is 2.22. The molecule has 0 heterocycles. The van der Waals surface area contributed by atoms with Gasteiger partial charge in [-0.15, -0.1) is 0 Å². The van der Waals surface area contributed by atoms with Crippen LogP contribution in [0, 0.1) is 23.2 Å². The first-order valence-corrected chi connectivity index (χ1v) is 6.34. The summed E-state index contributed by atoms with van der Waals surface area (Å²) in [7, 11) is 2.16. The van der Waals surface area contributed by atoms with E-state index in [9.17, 15) is 0 Å². The molecule has 0 N–H and O–H groups in total. The minimum Gasteiger partial charge on any atom is -0.305 e. The van der Waals surface area contributed by atoms with Crippen LogP contribution < -0.4 is 0 Å². The Labute approximate surface area is 94.3 Å². The average molecular weight is 208 g/mol. The van der Waals surface area contributed by atoms with Crippen LogP contribution in [0.3, 0.4) is 0 Å². The summed E-state index contributed by atoms with van der Waals surface area (Å²) in [6, 6.07) is 2.38. The third-order valence-electron chi connectivity index (χ3n) is 3.50. The summed E-state index contributed by atoms with van der Waals surface area (Å²) < 4.78 is 0. The molecule has 0 bridgehead atoms. The molecule has 1 atom stereocenters. The first-order valence-electron chi connectivity index (χ1n) is 6.34. The van der Waals surface area contributed by atoms with Crippen molar-refractivity contribution in [1.82, 2.24) is 4.90 Å². The minimum absolute atomic E-state index is 0.221. The van der Waals surface area contributed by atoms with Crippen LogP contribution in [0.2, 0.25) is 0 Å². The molecule has 1 aliphatic rings. The molecule has 2 heteroatoms. The standard InChI is InChI=1S/C13H24N2/c1-3-12(9-14)10-15(2)11-13-7-5-4-6-8-13/h12-13H,3-8,10-11H2,1-2H3. The minimum atomic E-state index is 0.221. The maximum atomic E-state index is 8.90. The zero-order valence-corrected chi connectivity index (χ0v) is 10.2. The number of hydrogen-bond donors (Lipinski definition) is 0. The molecule has 0 aromatic heterocycles. The first-order chi connectivity index (χ1) is 7.26. The van der Waals surface area contributed by atoms with Crippen molar-refractivity contribution in [3.8, 4) is 6.07 Å². The summed E-state index contributed by atoms with van der Waals surface area (Å²) in [5.74, 6) is 1.11. The van der Waals surface area contributed by atoms with Crippen LogP contribution >= 0.6 is 0 Å². The van der Waals surface area contributed by atoms with Crippen molar-refractivity contribution in [2.24, 2.45) is 11.8 Å². The van der Waals surface area contributed by atoms with Gasteiger partial charge in [0.15, 0.2) is 0 Å². The summed E-state index contributed by atoms with van der Waals surface area (Å²) in [5, 5.41) is 8.90. The van der Waals surface area contributed by atoms with Gasteiger partial charge in [0.25, 0.3) is 0 Å². The van der Waals surface area contributed by atoms with Gasteiger partial charge in [-0.3, -0.25) is 0 Å². The molecule has 0 spiro atoms. The van der Waals surface area contributed by atoms with E-state index >= 15 is 0 Å². The third kappa shape index (κ3) is 4.66. The zero-order chi connectivity index (χ0) is 11.1. The molecule has 2 nitrogen and oxygen atoms in total. The summed E-state index contributed by atoms with van der Waals surface area (Å²) >= 11 is 0. The number of nitriles is 1. The molecule has 0 amide bonds. The molecule has 0 radical (unpaired) electrons. The maximum absolute atomic E-state index is 8.90. The van der Waals surface area contributed by atoms with Gasteiger partial charge >= 0.3 is 0 Å². The van der Waals surface area contributed by atoms with Crippen molar-refractivity contribution < 1.29 is 0 Å². The number of hydrogen-bond acceptors (Lipinski definition) is 2. The topological polar surface area (TPSA) is 27.0 Å². The Bertz CT molecular complexity index is 201. The molecule has 1 saturated carbocycles. The summed E-state index contributed by atoms with van der Waals surface area (Å²) in [6.07, 6.45) is 8.02. The van der Waals surface area contributed by atoms with E-state index in [4.69, 9.17) is 5.26 Å². The van der Waals surface area contributed by atoms with Gasteiger partial charge in [0.1, 0.15) is 0 Å². The lowest BCUT2D eigenvalue weighted by molar-refractivity contribution is 0.219. The van der Waals surface area contributed by atoms with E-state index in [2.05, 4.69) is 24.9 Å². The molecular formula is C13H24N2. The predicted octanol–water partition coefficient (Wildman–Crippen LogP) is 3.05. The molecule has 0 saturated heterocycles. The monoisotopic (exact) mass is 208 g/mol. The Morgan fingerprint density at radius 1 is 1.33 bits per heavy atom. The molecule has 86 valence electrons. The summed E-state index contributed by atoms with van der Waals surface area (Å²) in [5.41, 5.74) is 0. The van der Waals surface area contributed by atoms with Crippen LogP contribution in [-0.2, 0) is 0 Å². The Morgan fingerprint density at radius 2 is 2.00 bits per heavy atom. The van der Waals surface area contributed by atoms with E-state index in [0.717, 1.165) is 18.9 Å². The van der Waals surface area contributed by atoms with Crippen LogP contribution in [0.5, 0.6) is 0 Å². The van der Waals surface area contributed by atoms with Gasteiger partial charge in [-0.05, 0) is 32.2 Å². The van der Waals surface area contributed by atoms with Crippen LogP contribution in [0.1, 0.15) is 45.4 Å². The molecule has 0 aromatic carbocycles. The third-order valence-corrected chi connectivity index (χ3v) is 3.50. The molecule has 1 rings (SSSR count). The predicted molar refractivity (Wildman–Crippen MR) is 63.5 cm³/mol. The fraction of sp³-hybridized carbons (Fsp3) is 0.923. The number of rotatable bonds is 5. The molecule has 1 aliphatic carbocycles. The molecule has 0 aromatic rings. The van der Waals surface area contributed by atoms with E-state index in [1.807, 2.05) is 0 Å². The molecule has 1 unspecified atom stereocenters. The maximum Gasteiger partial charge on any atom is 0.0669 e. The van der Waals surface area contributed by atoms with Crippen LogP contribution in [0.4, 0.5) is 0 Å². The SMILES string of the molecule is CCC(C#N)CN(C)CC1CCCCC1. The van der Waals surface area contributed by atoms with Crippen LogP contribution in [-0.4, -0.2) is 25.0 Å². The van der Waals surface area contributed by atoms with E-state index in [1.54, 1.807) is 0 Å². The Kier molecular flexibility index (Phi) is 5.71. The highest BCUT2D eigenvalue weighted by atomic mass is 15.1. The van der Waals surface area contributed by atoms with Crippen LogP contribution in [0.25, 0.3) is 0 Å². The van der Waals surface area contributed by atoms with Gasteiger partial charge in [-0.2, -0.15) is 5.26 Å². The van der Waals surface area contributed by atoms with Crippen molar-refractivity contribution in [3.05, 3.63) is 0 Å². The van der Waals surface area contributed by atoms with E-state index in [0.29, 0.717) is 0 Å². The number of nitrogens with zero attached hydrogens (tertiary/aromatic N) is 2. The molecule has 0 aliphatic heterocycles. The molecule has 1 fully saturated rings. The van der Waals surface area contributed by atoms with Gasteiger partial charge in [0.05, 0.1) is 12.0 Å². The van der Waals surface area contributed by atoms with Gasteiger partial charge in [0, 0.05) is 13.1 Å². The second-order valence-electron chi connectivity index (χ2n) is 4.96. The quantitative estimate of drug-likeness (QED) is 0.694. The lowest BCUT2D eigenvalue weighted by atomic mass is 9.89. The lowest BCUT2D eigenvalue weighted by Gasteiger charge is -2.27. The van der Waals surface area contributed by atoms with E-state index in [-0.39, 0.29) is 5.92 Å². The lowest BCUT2D eigenvalue weighted by Crippen LogP contribution is -2.31. The van der Waals surface area contributed by atoms with E-state index in [1.165, 1.54) is 38.6 Å². The Morgan fingerprint density at radius 3 is 2.53 bits per heavy atom. The van der Waals surface area contributed by atoms with Crippen molar-refractivity contribution in [2.75, 3.05) is 20.1 Å². The highest BCUT2D eigenvalue weighted by Gasteiger charge is 2.16. The van der Waals surface area contributed by atoms with Crippen molar-refractivity contribution in [2.45, 2.75) is 45.4 Å². The molecular weight excluding hydrogens is 184 g/mol. The van der Waals surface area contributed by atoms with Crippen molar-refractivity contribution in [1.29, 1.82) is 5.26 Å². The second kappa shape index (κ2) is 6.85. The fourth-order valence-electron chi connectivity index (χ4n) is 2.52. The normalized spacial score (nSPS) is 20.1. The summed E-state index contributed by atoms with van der Waals surface area (Å²) in [6.45, 7) is 4.24. The van der Waals surface area contributed by atoms with Gasteiger partial charge in [-0.25, -0.2) is 0 Å². The van der Waals surface area contributed by atoms with Crippen molar-refractivity contribution >= 4 is 0 Å². The highest BCUT2D eigenvalue weighted by molar-refractivity contribution is 4.84. The van der Waals surface area contributed by atoms with E-state index < -0.39 is 0 Å². The summed E-state index contributed by atoms with van der Waals surface area (Å²) in [4.78, 5) is 2.35. The zero-order valence-electron chi connectivity index (χ0n) is 10.2. The fourth-order valence-corrected chi connectivity index (χ4v) is 2.52. The average Bonchev–Trinajstić information content (AvgIpc) is 2.27. The van der Waals surface area contributed by atoms with Crippen LogP contribution in [0.15, 0.2) is 0 Å². The highest BCUT2D eigenvalue weighted by Crippen LogP contribution is 2.24. The van der Waals surface area contributed by atoms with Gasteiger partial charge in [0.2, 0.25) is 0 Å². The Hall–Kier alpha value is -0.550. The smallest absolute Gasteiger partial charge is 0.0669 e. The van der Waals surface area contributed by atoms with Gasteiger partial charge in [-0.1, -0.05) is 26.2 Å². The van der Waals surface area contributed by atoms with Crippen molar-refractivity contribution in [3.63, 3.8) is 0 Å². The molecule has 15 heavy (non-hydrogen) atoms. The van der Waals surface area contributed by atoms with Gasteiger partial charge < -0.3 is 4.90 Å².